The summed E-state index contributed by atoms with van der Waals surface area (Å²) in [6, 6.07) is 12.2. The third-order valence-electron chi connectivity index (χ3n) is 6.02. The Balaban J connectivity index is 1.40. The van der Waals surface area contributed by atoms with Crippen molar-refractivity contribution in [1.29, 1.82) is 0 Å². The summed E-state index contributed by atoms with van der Waals surface area (Å²) in [5, 5.41) is 0.637. The van der Waals surface area contributed by atoms with Gasteiger partial charge in [-0.2, -0.15) is 0 Å². The highest BCUT2D eigenvalue weighted by Crippen LogP contribution is 2.24. The predicted octanol–water partition coefficient (Wildman–Crippen LogP) is 3.05. The van der Waals surface area contributed by atoms with Gasteiger partial charge in [0, 0.05) is 50.0 Å². The minimum atomic E-state index is -0.258. The maximum atomic E-state index is 13.2. The SMILES string of the molecule is O=C(c1cn2c3c(cccc3c1=O)CCC2)N1CCN(c2ccc(F)cc2)CC1. The Morgan fingerprint density at radius 2 is 1.69 bits per heavy atom. The van der Waals surface area contributed by atoms with Gasteiger partial charge in [-0.05, 0) is 48.7 Å². The summed E-state index contributed by atoms with van der Waals surface area (Å²) in [5.74, 6) is -0.457. The Labute approximate surface area is 168 Å². The molecule has 2 aliphatic rings. The van der Waals surface area contributed by atoms with Gasteiger partial charge in [-0.25, -0.2) is 4.39 Å². The molecule has 1 fully saturated rings. The largest absolute Gasteiger partial charge is 0.368 e. The number of carbonyl (C=O) groups is 1. The van der Waals surface area contributed by atoms with Crippen LogP contribution in [0.15, 0.2) is 53.5 Å². The first-order valence-corrected chi connectivity index (χ1v) is 10.1. The standard InChI is InChI=1S/C23H22FN3O2/c24-17-6-8-18(9-7-17)25-11-13-26(14-12-25)23(29)20-15-27-10-2-4-16-3-1-5-19(21(16)27)22(20)28/h1,3,5-9,15H,2,4,10-14H2. The second-order valence-corrected chi connectivity index (χ2v) is 7.74. The van der Waals surface area contributed by atoms with Crippen LogP contribution in [0.1, 0.15) is 22.3 Å². The van der Waals surface area contributed by atoms with E-state index in [-0.39, 0.29) is 22.7 Å². The molecule has 1 aromatic heterocycles. The first-order chi connectivity index (χ1) is 14.1. The summed E-state index contributed by atoms with van der Waals surface area (Å²) in [5.41, 5.74) is 3.18. The second kappa shape index (κ2) is 7.03. The molecule has 2 aliphatic heterocycles. The van der Waals surface area contributed by atoms with Crippen LogP contribution in [-0.2, 0) is 13.0 Å². The third kappa shape index (κ3) is 3.09. The van der Waals surface area contributed by atoms with Crippen molar-refractivity contribution in [2.75, 3.05) is 31.1 Å². The lowest BCUT2D eigenvalue weighted by Crippen LogP contribution is -2.49. The van der Waals surface area contributed by atoms with E-state index in [1.165, 1.54) is 17.7 Å². The number of para-hydroxylation sites is 1. The van der Waals surface area contributed by atoms with Crippen LogP contribution >= 0.6 is 0 Å². The second-order valence-electron chi connectivity index (χ2n) is 7.74. The topological polar surface area (TPSA) is 45.6 Å². The van der Waals surface area contributed by atoms with Gasteiger partial charge < -0.3 is 14.4 Å². The number of aryl methyl sites for hydroxylation is 2. The summed E-state index contributed by atoms with van der Waals surface area (Å²) in [6.45, 7) is 3.21. The molecule has 0 bridgehead atoms. The van der Waals surface area contributed by atoms with E-state index in [4.69, 9.17) is 0 Å². The van der Waals surface area contributed by atoms with E-state index >= 15 is 0 Å². The maximum absolute atomic E-state index is 13.2. The van der Waals surface area contributed by atoms with Gasteiger partial charge >= 0.3 is 0 Å². The first-order valence-electron chi connectivity index (χ1n) is 10.1. The van der Waals surface area contributed by atoms with Crippen molar-refractivity contribution in [2.45, 2.75) is 19.4 Å². The molecule has 5 rings (SSSR count). The van der Waals surface area contributed by atoms with Crippen molar-refractivity contribution >= 4 is 22.5 Å². The number of piperazine rings is 1. The number of hydrogen-bond donors (Lipinski definition) is 0. The number of halogens is 1. The molecule has 148 valence electrons. The number of aromatic nitrogens is 1. The van der Waals surface area contributed by atoms with Gasteiger partial charge in [0.1, 0.15) is 11.4 Å². The van der Waals surface area contributed by atoms with Gasteiger partial charge in [0.05, 0.1) is 5.52 Å². The van der Waals surface area contributed by atoms with Crippen LogP contribution in [0, 0.1) is 5.82 Å². The molecule has 0 atom stereocenters. The molecule has 0 saturated carbocycles. The summed E-state index contributed by atoms with van der Waals surface area (Å²) < 4.78 is 15.2. The zero-order valence-electron chi connectivity index (χ0n) is 16.1. The number of pyridine rings is 1. The van der Waals surface area contributed by atoms with Crippen molar-refractivity contribution in [1.82, 2.24) is 9.47 Å². The van der Waals surface area contributed by atoms with E-state index in [1.807, 2.05) is 12.1 Å². The van der Waals surface area contributed by atoms with Crippen LogP contribution in [0.4, 0.5) is 10.1 Å². The van der Waals surface area contributed by atoms with Crippen LogP contribution < -0.4 is 10.3 Å². The highest BCUT2D eigenvalue weighted by Gasteiger charge is 2.26. The lowest BCUT2D eigenvalue weighted by Gasteiger charge is -2.36. The van der Waals surface area contributed by atoms with Gasteiger partial charge in [0.25, 0.3) is 5.91 Å². The minimum Gasteiger partial charge on any atom is -0.368 e. The molecule has 0 radical (unpaired) electrons. The molecule has 6 heteroatoms. The highest BCUT2D eigenvalue weighted by molar-refractivity contribution is 5.98. The fourth-order valence-corrected chi connectivity index (χ4v) is 4.50. The Kier molecular flexibility index (Phi) is 4.34. The van der Waals surface area contributed by atoms with Crippen LogP contribution in [0.2, 0.25) is 0 Å². The number of nitrogens with zero attached hydrogens (tertiary/aromatic N) is 3. The van der Waals surface area contributed by atoms with Crippen LogP contribution in [0.25, 0.3) is 10.9 Å². The molecule has 5 nitrogen and oxygen atoms in total. The fourth-order valence-electron chi connectivity index (χ4n) is 4.50. The van der Waals surface area contributed by atoms with Crippen molar-refractivity contribution < 1.29 is 9.18 Å². The molecule has 29 heavy (non-hydrogen) atoms. The number of anilines is 1. The minimum absolute atomic E-state index is 0.175. The summed E-state index contributed by atoms with van der Waals surface area (Å²) >= 11 is 0. The van der Waals surface area contributed by atoms with Crippen LogP contribution in [-0.4, -0.2) is 41.6 Å². The third-order valence-corrected chi connectivity index (χ3v) is 6.02. The summed E-state index contributed by atoms with van der Waals surface area (Å²) in [7, 11) is 0. The van der Waals surface area contributed by atoms with E-state index in [0.717, 1.165) is 30.6 Å². The Bertz CT molecular complexity index is 1150. The van der Waals surface area contributed by atoms with Crippen LogP contribution in [0.3, 0.4) is 0 Å². The number of amides is 1. The monoisotopic (exact) mass is 391 g/mol. The first kappa shape index (κ1) is 17.9. The Hall–Kier alpha value is -3.15. The molecular weight excluding hydrogens is 369 g/mol. The number of rotatable bonds is 2. The molecule has 1 saturated heterocycles. The van der Waals surface area contributed by atoms with Gasteiger partial charge in [-0.3, -0.25) is 9.59 Å². The van der Waals surface area contributed by atoms with E-state index < -0.39 is 0 Å². The molecule has 3 aromatic rings. The van der Waals surface area contributed by atoms with Crippen LogP contribution in [0.5, 0.6) is 0 Å². The number of hydrogen-bond acceptors (Lipinski definition) is 3. The molecule has 0 unspecified atom stereocenters. The molecule has 3 heterocycles. The van der Waals surface area contributed by atoms with Crippen molar-refractivity contribution in [3.8, 4) is 0 Å². The van der Waals surface area contributed by atoms with Gasteiger partial charge in [-0.1, -0.05) is 12.1 Å². The molecule has 2 aromatic carbocycles. The molecular formula is C23H22FN3O2. The fraction of sp³-hybridized carbons (Fsp3) is 0.304. The number of carbonyl (C=O) groups excluding carboxylic acids is 1. The maximum Gasteiger partial charge on any atom is 0.259 e. The lowest BCUT2D eigenvalue weighted by molar-refractivity contribution is 0.0745. The van der Waals surface area contributed by atoms with E-state index in [1.54, 1.807) is 23.2 Å². The predicted molar refractivity (Wildman–Crippen MR) is 111 cm³/mol. The quantitative estimate of drug-likeness (QED) is 0.675. The van der Waals surface area contributed by atoms with E-state index in [9.17, 15) is 14.0 Å². The lowest BCUT2D eigenvalue weighted by atomic mass is 9.99. The van der Waals surface area contributed by atoms with Crippen molar-refractivity contribution in [3.63, 3.8) is 0 Å². The molecule has 0 aliphatic carbocycles. The molecule has 1 amide bonds. The average molecular weight is 391 g/mol. The smallest absolute Gasteiger partial charge is 0.259 e. The summed E-state index contributed by atoms with van der Waals surface area (Å²) in [6.07, 6.45) is 3.73. The van der Waals surface area contributed by atoms with Gasteiger partial charge in [0.15, 0.2) is 0 Å². The average Bonchev–Trinajstić information content (AvgIpc) is 2.76. The summed E-state index contributed by atoms with van der Waals surface area (Å²) in [4.78, 5) is 30.1. The Morgan fingerprint density at radius 1 is 0.931 bits per heavy atom. The zero-order chi connectivity index (χ0) is 20.0. The van der Waals surface area contributed by atoms with Crippen molar-refractivity contribution in [3.05, 3.63) is 75.8 Å². The van der Waals surface area contributed by atoms with E-state index in [0.29, 0.717) is 31.6 Å². The normalized spacial score (nSPS) is 16.3. The number of benzene rings is 2. The van der Waals surface area contributed by atoms with Gasteiger partial charge in [0.2, 0.25) is 5.43 Å². The highest BCUT2D eigenvalue weighted by atomic mass is 19.1. The zero-order valence-corrected chi connectivity index (χ0v) is 16.1. The van der Waals surface area contributed by atoms with Gasteiger partial charge in [-0.15, -0.1) is 0 Å². The van der Waals surface area contributed by atoms with Crippen molar-refractivity contribution in [2.24, 2.45) is 0 Å². The van der Waals surface area contributed by atoms with E-state index in [2.05, 4.69) is 15.5 Å². The Morgan fingerprint density at radius 3 is 2.45 bits per heavy atom. The molecule has 0 spiro atoms. The molecule has 0 N–H and O–H groups in total.